The highest BCUT2D eigenvalue weighted by atomic mass is 32.1. The minimum absolute atomic E-state index is 0.302. The van der Waals surface area contributed by atoms with Crippen LogP contribution in [0.2, 0.25) is 0 Å². The Hall–Kier alpha value is -2.54. The molecule has 1 aliphatic rings. The van der Waals surface area contributed by atoms with Crippen LogP contribution in [0.5, 0.6) is 0 Å². The zero-order valence-electron chi connectivity index (χ0n) is 15.1. The molecule has 7 heteroatoms. The van der Waals surface area contributed by atoms with Crippen molar-refractivity contribution in [3.05, 3.63) is 52.0 Å². The van der Waals surface area contributed by atoms with E-state index < -0.39 is 23.3 Å². The van der Waals surface area contributed by atoms with Gasteiger partial charge in [-0.1, -0.05) is 0 Å². The molecule has 0 atom stereocenters. The van der Waals surface area contributed by atoms with Crippen molar-refractivity contribution in [2.45, 2.75) is 26.2 Å². The zero-order valence-corrected chi connectivity index (χ0v) is 15.9. The third kappa shape index (κ3) is 3.14. The molecule has 1 saturated heterocycles. The van der Waals surface area contributed by atoms with Crippen molar-refractivity contribution in [3.8, 4) is 0 Å². The first-order valence-electron chi connectivity index (χ1n) is 8.39. The van der Waals surface area contributed by atoms with Gasteiger partial charge >= 0.3 is 6.03 Å². The highest BCUT2D eigenvalue weighted by molar-refractivity contribution is 7.11. The summed E-state index contributed by atoms with van der Waals surface area (Å²) in [6.07, 6.45) is 4.58. The Balaban J connectivity index is 1.98. The number of rotatable bonds is 5. The summed E-state index contributed by atoms with van der Waals surface area (Å²) >= 11 is 1.57. The largest absolute Gasteiger partial charge is 0.332 e. The summed E-state index contributed by atoms with van der Waals surface area (Å²) in [4.78, 5) is 46.6. The van der Waals surface area contributed by atoms with E-state index in [4.69, 9.17) is 0 Å². The first kappa shape index (κ1) is 18.3. The number of thiophene rings is 1. The Morgan fingerprint density at radius 3 is 2.15 bits per heavy atom. The summed E-state index contributed by atoms with van der Waals surface area (Å²) in [7, 11) is 2.88. The van der Waals surface area contributed by atoms with Crippen LogP contribution in [0.3, 0.4) is 0 Å². The Labute approximate surface area is 156 Å². The van der Waals surface area contributed by atoms with Crippen molar-refractivity contribution in [1.29, 1.82) is 0 Å². The molecule has 1 aliphatic heterocycles. The monoisotopic (exact) mass is 371 g/mol. The van der Waals surface area contributed by atoms with Crippen molar-refractivity contribution in [1.82, 2.24) is 14.8 Å². The van der Waals surface area contributed by atoms with E-state index in [0.29, 0.717) is 19.3 Å². The van der Waals surface area contributed by atoms with Crippen molar-refractivity contribution in [3.63, 3.8) is 0 Å². The number of nitrogens with zero attached hydrogens (tertiary/aromatic N) is 3. The normalized spacial score (nSPS) is 17.1. The fourth-order valence-electron chi connectivity index (χ4n) is 3.37. The fourth-order valence-corrected chi connectivity index (χ4v) is 4.37. The third-order valence-corrected chi connectivity index (χ3v) is 5.86. The molecule has 6 nitrogen and oxygen atoms in total. The second-order valence-corrected chi connectivity index (χ2v) is 8.01. The lowest BCUT2D eigenvalue weighted by Gasteiger charge is -2.41. The fraction of sp³-hybridized carbons (Fsp3) is 0.368. The van der Waals surface area contributed by atoms with Crippen LogP contribution in [0.15, 0.2) is 36.7 Å². The Kier molecular flexibility index (Phi) is 4.91. The minimum atomic E-state index is -1.27. The van der Waals surface area contributed by atoms with Crippen LogP contribution in [0.25, 0.3) is 0 Å². The molecule has 0 aromatic carbocycles. The number of hydrogen-bond acceptors (Lipinski definition) is 5. The van der Waals surface area contributed by atoms with Crippen molar-refractivity contribution >= 4 is 29.2 Å². The van der Waals surface area contributed by atoms with Crippen LogP contribution in [-0.4, -0.2) is 46.7 Å². The molecule has 0 aliphatic carbocycles. The van der Waals surface area contributed by atoms with Gasteiger partial charge in [-0.25, -0.2) is 4.79 Å². The number of pyridine rings is 1. The minimum Gasteiger partial charge on any atom is -0.273 e. The van der Waals surface area contributed by atoms with Crippen molar-refractivity contribution < 1.29 is 14.4 Å². The molecule has 3 heterocycles. The van der Waals surface area contributed by atoms with Gasteiger partial charge in [-0.2, -0.15) is 0 Å². The summed E-state index contributed by atoms with van der Waals surface area (Å²) in [6, 6.07) is 7.10. The van der Waals surface area contributed by atoms with E-state index in [1.807, 2.05) is 31.2 Å². The van der Waals surface area contributed by atoms with Crippen LogP contribution < -0.4 is 0 Å². The number of aromatic nitrogens is 1. The van der Waals surface area contributed by atoms with Gasteiger partial charge in [0.2, 0.25) is 11.8 Å². The van der Waals surface area contributed by atoms with Gasteiger partial charge in [0.15, 0.2) is 0 Å². The highest BCUT2D eigenvalue weighted by Crippen LogP contribution is 2.38. The molecule has 0 saturated carbocycles. The molecule has 4 amide bonds. The summed E-state index contributed by atoms with van der Waals surface area (Å²) in [5, 5.41) is 0. The van der Waals surface area contributed by atoms with Crippen LogP contribution in [-0.2, 0) is 22.4 Å². The Bertz CT molecular complexity index is 823. The molecule has 2 aromatic heterocycles. The first-order valence-corrected chi connectivity index (χ1v) is 9.21. The number of amides is 4. The number of carbonyl (C=O) groups is 3. The van der Waals surface area contributed by atoms with Crippen molar-refractivity contribution in [2.75, 3.05) is 14.1 Å². The maximum Gasteiger partial charge on any atom is 0.332 e. The van der Waals surface area contributed by atoms with Crippen LogP contribution in [0, 0.1) is 12.3 Å². The third-order valence-electron chi connectivity index (χ3n) is 4.86. The van der Waals surface area contributed by atoms with E-state index in [1.165, 1.54) is 14.1 Å². The quantitative estimate of drug-likeness (QED) is 0.758. The molecule has 26 heavy (non-hydrogen) atoms. The molecule has 0 radical (unpaired) electrons. The smallest absolute Gasteiger partial charge is 0.273 e. The lowest BCUT2D eigenvalue weighted by Crippen LogP contribution is -2.63. The zero-order chi connectivity index (χ0) is 18.9. The van der Waals surface area contributed by atoms with Crippen LogP contribution in [0.1, 0.15) is 21.7 Å². The van der Waals surface area contributed by atoms with E-state index in [2.05, 4.69) is 4.98 Å². The molecule has 0 unspecified atom stereocenters. The lowest BCUT2D eigenvalue weighted by molar-refractivity contribution is -0.157. The Morgan fingerprint density at radius 2 is 1.62 bits per heavy atom. The number of imide groups is 2. The lowest BCUT2D eigenvalue weighted by atomic mass is 9.75. The molecular weight excluding hydrogens is 350 g/mol. The average Bonchev–Trinajstić information content (AvgIpc) is 3.06. The molecular formula is C19H21N3O3S. The van der Waals surface area contributed by atoms with Crippen LogP contribution >= 0.6 is 11.3 Å². The van der Waals surface area contributed by atoms with E-state index in [1.54, 1.807) is 23.7 Å². The summed E-state index contributed by atoms with van der Waals surface area (Å²) in [5.74, 6) is -0.851. The summed E-state index contributed by atoms with van der Waals surface area (Å²) in [5.41, 5.74) is -0.262. The second-order valence-electron chi connectivity index (χ2n) is 6.64. The predicted octanol–water partition coefficient (Wildman–Crippen LogP) is 2.66. The maximum atomic E-state index is 13.1. The summed E-state index contributed by atoms with van der Waals surface area (Å²) in [6.45, 7) is 1.99. The molecule has 0 spiro atoms. The van der Waals surface area contributed by atoms with Crippen LogP contribution in [0.4, 0.5) is 4.79 Å². The molecule has 1 fully saturated rings. The second kappa shape index (κ2) is 6.99. The highest BCUT2D eigenvalue weighted by Gasteiger charge is 2.55. The van der Waals surface area contributed by atoms with E-state index >= 15 is 0 Å². The Morgan fingerprint density at radius 1 is 1.00 bits per heavy atom. The van der Waals surface area contributed by atoms with Gasteiger partial charge in [-0.3, -0.25) is 24.4 Å². The first-order chi connectivity index (χ1) is 12.3. The molecule has 0 N–H and O–H groups in total. The van der Waals surface area contributed by atoms with Gasteiger partial charge in [0.1, 0.15) is 5.41 Å². The van der Waals surface area contributed by atoms with Crippen molar-refractivity contribution in [2.24, 2.45) is 5.41 Å². The number of barbiturate groups is 1. The van der Waals surface area contributed by atoms with E-state index in [9.17, 15) is 14.4 Å². The number of hydrogen-bond donors (Lipinski definition) is 0. The number of aryl methyl sites for hydroxylation is 2. The van der Waals surface area contributed by atoms with Gasteiger partial charge in [0, 0.05) is 42.7 Å². The maximum absolute atomic E-state index is 13.1. The molecule has 3 rings (SSSR count). The average molecular weight is 371 g/mol. The van der Waals surface area contributed by atoms with Gasteiger partial charge in [-0.15, -0.1) is 11.3 Å². The van der Waals surface area contributed by atoms with E-state index in [0.717, 1.165) is 25.1 Å². The predicted molar refractivity (Wildman–Crippen MR) is 98.7 cm³/mol. The standard InChI is InChI=1S/C19H21N3O3S/c1-13-4-5-15(26-13)12-19(9-6-14-7-10-20-11-8-14)16(23)21(2)18(25)22(3)17(19)24/h4-5,7-8,10-11H,6,9,12H2,1-3H3. The van der Waals surface area contributed by atoms with Gasteiger partial charge < -0.3 is 0 Å². The van der Waals surface area contributed by atoms with Gasteiger partial charge in [-0.05, 0) is 49.6 Å². The molecule has 2 aromatic rings. The van der Waals surface area contributed by atoms with E-state index in [-0.39, 0.29) is 0 Å². The van der Waals surface area contributed by atoms with Gasteiger partial charge in [0.25, 0.3) is 0 Å². The number of carbonyl (C=O) groups excluding carboxylic acids is 3. The van der Waals surface area contributed by atoms with Gasteiger partial charge in [0.05, 0.1) is 0 Å². The SMILES string of the molecule is Cc1ccc(CC2(CCc3ccncc3)C(=O)N(C)C(=O)N(C)C2=O)s1. The molecule has 0 bridgehead atoms. The topological polar surface area (TPSA) is 70.6 Å². The number of urea groups is 1. The molecule has 136 valence electrons. The summed E-state index contributed by atoms with van der Waals surface area (Å²) < 4.78 is 0.